The van der Waals surface area contributed by atoms with E-state index in [2.05, 4.69) is 67.2 Å². The SMILES string of the molecule is CCCN1c2ccc(/C=C3/SC(=Nc4ccc(C)cc4)NC3=O)cc2C(C)=CC1(C)C. The minimum atomic E-state index is -0.102. The fourth-order valence-corrected chi connectivity index (χ4v) is 5.03. The number of fused-ring (bicyclic) bond motifs is 1. The predicted molar refractivity (Wildman–Crippen MR) is 134 cm³/mol. The molecule has 2 aliphatic rings. The van der Waals surface area contributed by atoms with Crippen LogP contribution in [0.5, 0.6) is 0 Å². The number of benzene rings is 2. The fourth-order valence-electron chi connectivity index (χ4n) is 4.19. The highest BCUT2D eigenvalue weighted by molar-refractivity contribution is 8.18. The van der Waals surface area contributed by atoms with Crippen LogP contribution in [-0.2, 0) is 4.79 Å². The molecule has 1 saturated heterocycles. The second-order valence-corrected chi connectivity index (χ2v) is 9.76. The number of nitrogens with zero attached hydrogens (tertiary/aromatic N) is 2. The minimum absolute atomic E-state index is 0.00436. The molecule has 2 aromatic rings. The fraction of sp³-hybridized carbons (Fsp3) is 0.308. The highest BCUT2D eigenvalue weighted by Gasteiger charge is 2.31. The molecule has 0 atom stereocenters. The number of hydrogen-bond donors (Lipinski definition) is 1. The molecule has 2 aromatic carbocycles. The lowest BCUT2D eigenvalue weighted by Gasteiger charge is -2.43. The summed E-state index contributed by atoms with van der Waals surface area (Å²) in [6, 6.07) is 14.4. The molecule has 0 spiro atoms. The number of carbonyl (C=O) groups is 1. The molecule has 1 amide bonds. The molecule has 0 bridgehead atoms. The number of anilines is 1. The number of aryl methyl sites for hydroxylation is 1. The van der Waals surface area contributed by atoms with E-state index in [9.17, 15) is 4.79 Å². The standard InChI is InChI=1S/C26H29N3OS/c1-6-13-29-22-12-9-19(14-21(22)18(3)16-26(29,4)5)15-23-24(30)28-25(31-23)27-20-10-7-17(2)8-11-20/h7-12,14-16H,6,13H2,1-5H3,(H,27,28,30)/b23-15+. The molecule has 0 aliphatic carbocycles. The van der Waals surface area contributed by atoms with E-state index in [-0.39, 0.29) is 11.4 Å². The maximum Gasteiger partial charge on any atom is 0.264 e. The molecule has 2 heterocycles. The molecular formula is C26H29N3OS. The number of hydrogen-bond acceptors (Lipinski definition) is 4. The van der Waals surface area contributed by atoms with Gasteiger partial charge >= 0.3 is 0 Å². The Labute approximate surface area is 189 Å². The summed E-state index contributed by atoms with van der Waals surface area (Å²) in [4.78, 5) is 20.2. The maximum atomic E-state index is 12.5. The lowest BCUT2D eigenvalue weighted by atomic mass is 9.88. The van der Waals surface area contributed by atoms with Gasteiger partial charge in [0.15, 0.2) is 5.17 Å². The zero-order valence-electron chi connectivity index (χ0n) is 18.8. The van der Waals surface area contributed by atoms with Gasteiger partial charge in [-0.05, 0) is 87.4 Å². The Bertz CT molecular complexity index is 1110. The number of aliphatic imine (C=N–C) groups is 1. The van der Waals surface area contributed by atoms with Crippen LogP contribution in [0, 0.1) is 6.92 Å². The molecule has 31 heavy (non-hydrogen) atoms. The first-order chi connectivity index (χ1) is 14.8. The number of nitrogens with one attached hydrogen (secondary N) is 1. The van der Waals surface area contributed by atoms with Crippen LogP contribution in [0.3, 0.4) is 0 Å². The van der Waals surface area contributed by atoms with Gasteiger partial charge in [-0.2, -0.15) is 0 Å². The Morgan fingerprint density at radius 2 is 1.87 bits per heavy atom. The van der Waals surface area contributed by atoms with Crippen molar-refractivity contribution < 1.29 is 4.79 Å². The summed E-state index contributed by atoms with van der Waals surface area (Å²) in [5.74, 6) is -0.102. The Morgan fingerprint density at radius 3 is 2.58 bits per heavy atom. The average molecular weight is 432 g/mol. The van der Waals surface area contributed by atoms with E-state index in [4.69, 9.17) is 0 Å². The normalized spacial score (nSPS) is 20.1. The molecule has 5 heteroatoms. The molecule has 4 rings (SSSR count). The van der Waals surface area contributed by atoms with Crippen LogP contribution < -0.4 is 10.2 Å². The van der Waals surface area contributed by atoms with Crippen LogP contribution in [0.2, 0.25) is 0 Å². The van der Waals surface area contributed by atoms with Crippen molar-refractivity contribution in [2.24, 2.45) is 4.99 Å². The van der Waals surface area contributed by atoms with Crippen molar-refractivity contribution in [1.29, 1.82) is 0 Å². The second kappa shape index (κ2) is 8.39. The zero-order valence-corrected chi connectivity index (χ0v) is 19.6. The summed E-state index contributed by atoms with van der Waals surface area (Å²) in [5, 5.41) is 3.49. The quantitative estimate of drug-likeness (QED) is 0.578. The van der Waals surface area contributed by atoms with E-state index in [0.717, 1.165) is 24.2 Å². The van der Waals surface area contributed by atoms with E-state index < -0.39 is 0 Å². The van der Waals surface area contributed by atoms with Gasteiger partial charge in [-0.25, -0.2) is 4.99 Å². The predicted octanol–water partition coefficient (Wildman–Crippen LogP) is 6.30. The van der Waals surface area contributed by atoms with Crippen LogP contribution in [0.1, 0.15) is 50.8 Å². The summed E-state index contributed by atoms with van der Waals surface area (Å²) in [5.41, 5.74) is 6.82. The summed E-state index contributed by atoms with van der Waals surface area (Å²) in [7, 11) is 0. The highest BCUT2D eigenvalue weighted by atomic mass is 32.2. The second-order valence-electron chi connectivity index (χ2n) is 8.73. The van der Waals surface area contributed by atoms with Gasteiger partial charge in [0, 0.05) is 17.8 Å². The summed E-state index contributed by atoms with van der Waals surface area (Å²) in [6.45, 7) is 12.0. The lowest BCUT2D eigenvalue weighted by molar-refractivity contribution is -0.115. The van der Waals surface area contributed by atoms with Crippen molar-refractivity contribution in [2.45, 2.75) is 46.6 Å². The Morgan fingerprint density at radius 1 is 1.13 bits per heavy atom. The van der Waals surface area contributed by atoms with Crippen LogP contribution in [0.25, 0.3) is 11.6 Å². The third-order valence-corrected chi connectivity index (χ3v) is 6.57. The van der Waals surface area contributed by atoms with Gasteiger partial charge in [0.25, 0.3) is 5.91 Å². The molecular weight excluding hydrogens is 402 g/mol. The average Bonchev–Trinajstić information content (AvgIpc) is 3.05. The van der Waals surface area contributed by atoms with Gasteiger partial charge in [0.2, 0.25) is 0 Å². The molecule has 0 saturated carbocycles. The Kier molecular flexibility index (Phi) is 5.80. The van der Waals surface area contributed by atoms with E-state index in [1.165, 1.54) is 34.1 Å². The lowest BCUT2D eigenvalue weighted by Crippen LogP contribution is -2.45. The summed E-state index contributed by atoms with van der Waals surface area (Å²) >= 11 is 1.38. The van der Waals surface area contributed by atoms with Crippen LogP contribution >= 0.6 is 11.8 Å². The molecule has 2 aliphatic heterocycles. The third-order valence-electron chi connectivity index (χ3n) is 5.66. The summed E-state index contributed by atoms with van der Waals surface area (Å²) in [6.07, 6.45) is 5.39. The number of carbonyl (C=O) groups excluding carboxylic acids is 1. The minimum Gasteiger partial charge on any atom is -0.362 e. The number of thioether (sulfide) groups is 1. The molecule has 0 aromatic heterocycles. The first-order valence-corrected chi connectivity index (χ1v) is 11.6. The van der Waals surface area contributed by atoms with Crippen LogP contribution in [0.15, 0.2) is 58.4 Å². The molecule has 0 radical (unpaired) electrons. The van der Waals surface area contributed by atoms with Gasteiger partial charge in [0.05, 0.1) is 16.1 Å². The number of amides is 1. The first-order valence-electron chi connectivity index (χ1n) is 10.7. The topological polar surface area (TPSA) is 44.7 Å². The maximum absolute atomic E-state index is 12.5. The monoisotopic (exact) mass is 431 g/mol. The summed E-state index contributed by atoms with van der Waals surface area (Å²) < 4.78 is 0. The number of rotatable bonds is 4. The molecule has 1 N–H and O–H groups in total. The van der Waals surface area contributed by atoms with Gasteiger partial charge < -0.3 is 10.2 Å². The smallest absolute Gasteiger partial charge is 0.264 e. The van der Waals surface area contributed by atoms with Crippen molar-refractivity contribution >= 4 is 45.9 Å². The zero-order chi connectivity index (χ0) is 22.2. The van der Waals surface area contributed by atoms with Crippen LogP contribution in [0.4, 0.5) is 11.4 Å². The highest BCUT2D eigenvalue weighted by Crippen LogP contribution is 2.40. The number of allylic oxidation sites excluding steroid dienone is 1. The van der Waals surface area contributed by atoms with Gasteiger partial charge in [0.1, 0.15) is 0 Å². The van der Waals surface area contributed by atoms with Gasteiger partial charge in [-0.15, -0.1) is 0 Å². The van der Waals surface area contributed by atoms with Gasteiger partial charge in [-0.1, -0.05) is 36.8 Å². The van der Waals surface area contributed by atoms with Gasteiger partial charge in [-0.3, -0.25) is 4.79 Å². The Hall–Kier alpha value is -2.79. The van der Waals surface area contributed by atoms with Crippen LogP contribution in [-0.4, -0.2) is 23.2 Å². The molecule has 0 unspecified atom stereocenters. The third kappa shape index (κ3) is 4.47. The van der Waals surface area contributed by atoms with Crippen molar-refractivity contribution in [1.82, 2.24) is 5.32 Å². The van der Waals surface area contributed by atoms with E-state index >= 15 is 0 Å². The van der Waals surface area contributed by atoms with E-state index in [1.807, 2.05) is 37.3 Å². The Balaban J connectivity index is 1.62. The van der Waals surface area contributed by atoms with Crippen molar-refractivity contribution in [2.75, 3.05) is 11.4 Å². The van der Waals surface area contributed by atoms with E-state index in [1.54, 1.807) is 0 Å². The number of amidine groups is 1. The van der Waals surface area contributed by atoms with Crippen molar-refractivity contribution in [3.8, 4) is 0 Å². The molecule has 1 fully saturated rings. The molecule has 160 valence electrons. The largest absolute Gasteiger partial charge is 0.362 e. The van der Waals surface area contributed by atoms with Crippen molar-refractivity contribution in [3.63, 3.8) is 0 Å². The van der Waals surface area contributed by atoms with Crippen molar-refractivity contribution in [3.05, 3.63) is 70.1 Å². The van der Waals surface area contributed by atoms with E-state index in [0.29, 0.717) is 10.1 Å². The molecule has 4 nitrogen and oxygen atoms in total. The first kappa shape index (κ1) is 21.4.